The van der Waals surface area contributed by atoms with Gasteiger partial charge in [-0.2, -0.15) is 0 Å². The third-order valence-corrected chi connectivity index (χ3v) is 6.74. The quantitative estimate of drug-likeness (QED) is 0.555. The van der Waals surface area contributed by atoms with Gasteiger partial charge in [-0.3, -0.25) is 9.78 Å². The number of amides is 1. The molecule has 9 heteroatoms. The number of carbonyl (C=O) groups is 2. The Kier molecular flexibility index (Phi) is 6.18. The number of para-hydroxylation sites is 1. The molecule has 0 radical (unpaired) electrons. The summed E-state index contributed by atoms with van der Waals surface area (Å²) >= 11 is 0. The number of nitrogens with one attached hydrogen (secondary N) is 1. The number of aryl methyl sites for hydroxylation is 1. The number of nitrogens with zero attached hydrogens (tertiary/aromatic N) is 1. The maximum absolute atomic E-state index is 13.2. The lowest BCUT2D eigenvalue weighted by molar-refractivity contribution is -0.123. The van der Waals surface area contributed by atoms with Crippen molar-refractivity contribution in [3.63, 3.8) is 0 Å². The summed E-state index contributed by atoms with van der Waals surface area (Å²) in [5, 5.41) is 8.42. The van der Waals surface area contributed by atoms with E-state index in [4.69, 9.17) is 14.9 Å². The van der Waals surface area contributed by atoms with Crippen LogP contribution in [0, 0.1) is 5.92 Å². The topological polar surface area (TPSA) is 128 Å². The van der Waals surface area contributed by atoms with Crippen LogP contribution in [-0.2, 0) is 32.4 Å². The molecule has 1 amide bonds. The number of esters is 1. The smallest absolute Gasteiger partial charge is 0.339 e. The van der Waals surface area contributed by atoms with E-state index < -0.39 is 28.0 Å². The van der Waals surface area contributed by atoms with Crippen LogP contribution in [0.5, 0.6) is 0 Å². The number of hydrogen-bond donors (Lipinski definition) is 2. The lowest BCUT2D eigenvalue weighted by Gasteiger charge is -2.24. The molecule has 8 nitrogen and oxygen atoms in total. The number of sulfonamides is 1. The molecule has 0 unspecified atom stereocenters. The van der Waals surface area contributed by atoms with Crippen molar-refractivity contribution < 1.29 is 22.7 Å². The number of benzene rings is 2. The second-order valence-corrected chi connectivity index (χ2v) is 9.94. The first-order valence-electron chi connectivity index (χ1n) is 10.7. The molecule has 172 valence electrons. The molecule has 0 saturated heterocycles. The standard InChI is InChI=1S/C24H25N3O5S/c1-14-7-12-21-19(13-14)22(18-5-3-4-6-20(18)27-21)24(29)32-15(2)23(28)26-16-8-10-17(11-9-16)33(25,30)31/h3-6,8-11,14-15H,7,12-13H2,1-2H3,(H,26,28)(H2,25,30,31)/t14-,15-/m0/s1. The van der Waals surface area contributed by atoms with Crippen LogP contribution in [0.15, 0.2) is 53.4 Å². The molecular weight excluding hydrogens is 442 g/mol. The van der Waals surface area contributed by atoms with E-state index in [0.717, 1.165) is 36.0 Å². The van der Waals surface area contributed by atoms with Gasteiger partial charge in [-0.1, -0.05) is 25.1 Å². The first-order chi connectivity index (χ1) is 15.6. The van der Waals surface area contributed by atoms with Gasteiger partial charge >= 0.3 is 5.97 Å². The van der Waals surface area contributed by atoms with E-state index >= 15 is 0 Å². The fraction of sp³-hybridized carbons (Fsp3) is 0.292. The summed E-state index contributed by atoms with van der Waals surface area (Å²) in [6.07, 6.45) is 1.47. The fourth-order valence-corrected chi connectivity index (χ4v) is 4.56. The lowest BCUT2D eigenvalue weighted by Crippen LogP contribution is -2.31. The molecule has 1 aromatic heterocycles. The van der Waals surface area contributed by atoms with Crippen LogP contribution in [0.2, 0.25) is 0 Å². The number of primary sulfonamides is 1. The van der Waals surface area contributed by atoms with E-state index in [0.29, 0.717) is 22.6 Å². The van der Waals surface area contributed by atoms with Crippen molar-refractivity contribution in [2.24, 2.45) is 11.1 Å². The van der Waals surface area contributed by atoms with Crippen LogP contribution in [0.3, 0.4) is 0 Å². The highest BCUT2D eigenvalue weighted by molar-refractivity contribution is 7.89. The molecule has 3 N–H and O–H groups in total. The predicted molar refractivity (Wildman–Crippen MR) is 124 cm³/mol. The Bertz CT molecular complexity index is 1340. The molecule has 1 aliphatic carbocycles. The van der Waals surface area contributed by atoms with Gasteiger partial charge in [0.15, 0.2) is 6.10 Å². The van der Waals surface area contributed by atoms with Crippen LogP contribution in [0.25, 0.3) is 10.9 Å². The summed E-state index contributed by atoms with van der Waals surface area (Å²) in [6, 6.07) is 12.8. The highest BCUT2D eigenvalue weighted by Gasteiger charge is 2.28. The molecule has 3 aromatic rings. The highest BCUT2D eigenvalue weighted by atomic mass is 32.2. The summed E-state index contributed by atoms with van der Waals surface area (Å²) in [7, 11) is -3.83. The van der Waals surface area contributed by atoms with E-state index in [-0.39, 0.29) is 4.90 Å². The summed E-state index contributed by atoms with van der Waals surface area (Å²) in [4.78, 5) is 30.6. The minimum atomic E-state index is -3.83. The zero-order valence-electron chi connectivity index (χ0n) is 18.4. The number of ether oxygens (including phenoxy) is 1. The van der Waals surface area contributed by atoms with E-state index in [1.54, 1.807) is 0 Å². The molecule has 0 spiro atoms. The van der Waals surface area contributed by atoms with Crippen LogP contribution in [0.4, 0.5) is 5.69 Å². The molecule has 33 heavy (non-hydrogen) atoms. The number of fused-ring (bicyclic) bond motifs is 2. The Morgan fingerprint density at radius 2 is 1.85 bits per heavy atom. The number of aromatic nitrogens is 1. The van der Waals surface area contributed by atoms with E-state index in [1.807, 2.05) is 24.3 Å². The van der Waals surface area contributed by atoms with Gasteiger partial charge in [-0.05, 0) is 68.0 Å². The van der Waals surface area contributed by atoms with E-state index in [1.165, 1.54) is 31.2 Å². The van der Waals surface area contributed by atoms with E-state index in [2.05, 4.69) is 12.2 Å². The maximum atomic E-state index is 13.2. The van der Waals surface area contributed by atoms with Gasteiger partial charge in [0.25, 0.3) is 5.91 Å². The number of rotatable bonds is 5. The Morgan fingerprint density at radius 3 is 2.55 bits per heavy atom. The monoisotopic (exact) mass is 467 g/mol. The van der Waals surface area contributed by atoms with Crippen molar-refractivity contribution in [2.45, 2.75) is 44.1 Å². The first-order valence-corrected chi connectivity index (χ1v) is 12.2. The van der Waals surface area contributed by atoms with E-state index in [9.17, 15) is 18.0 Å². The molecule has 2 aromatic carbocycles. The van der Waals surface area contributed by atoms with Crippen molar-refractivity contribution in [2.75, 3.05) is 5.32 Å². The van der Waals surface area contributed by atoms with Gasteiger partial charge < -0.3 is 10.1 Å². The number of hydrogen-bond acceptors (Lipinski definition) is 6. The molecule has 1 aliphatic rings. The Morgan fingerprint density at radius 1 is 1.15 bits per heavy atom. The summed E-state index contributed by atoms with van der Waals surface area (Å²) in [5.74, 6) is -0.675. The molecule has 4 rings (SSSR count). The maximum Gasteiger partial charge on any atom is 0.339 e. The second kappa shape index (κ2) is 8.92. The van der Waals surface area contributed by atoms with Gasteiger partial charge in [-0.25, -0.2) is 18.4 Å². The Labute approximate surface area is 192 Å². The molecule has 1 heterocycles. The van der Waals surface area contributed by atoms with Crippen molar-refractivity contribution in [3.05, 3.63) is 65.4 Å². The Balaban J connectivity index is 1.55. The lowest BCUT2D eigenvalue weighted by atomic mass is 9.84. The normalized spacial score (nSPS) is 16.6. The Hall–Kier alpha value is -3.30. The van der Waals surface area contributed by atoms with Crippen LogP contribution in [0.1, 0.15) is 41.9 Å². The predicted octanol–water partition coefficient (Wildman–Crippen LogP) is 3.19. The highest BCUT2D eigenvalue weighted by Crippen LogP contribution is 2.32. The molecule has 0 saturated carbocycles. The van der Waals surface area contributed by atoms with Gasteiger partial charge in [0.05, 0.1) is 16.0 Å². The zero-order valence-corrected chi connectivity index (χ0v) is 19.2. The molecule has 0 bridgehead atoms. The molecular formula is C24H25N3O5S. The van der Waals surface area contributed by atoms with Crippen molar-refractivity contribution >= 4 is 38.5 Å². The van der Waals surface area contributed by atoms with Crippen LogP contribution in [-0.4, -0.2) is 31.4 Å². The number of nitrogens with two attached hydrogens (primary N) is 1. The van der Waals surface area contributed by atoms with Gasteiger partial charge in [0, 0.05) is 16.8 Å². The minimum absolute atomic E-state index is 0.0662. The first kappa shape index (κ1) is 22.9. The average molecular weight is 468 g/mol. The zero-order chi connectivity index (χ0) is 23.8. The molecule has 0 fully saturated rings. The molecule has 0 aliphatic heterocycles. The fourth-order valence-electron chi connectivity index (χ4n) is 4.04. The SMILES string of the molecule is C[C@H]1CCc2nc3ccccc3c(C(=O)O[C@@H](C)C(=O)Nc3ccc(S(N)(=O)=O)cc3)c2C1. The summed E-state index contributed by atoms with van der Waals surface area (Å²) in [6.45, 7) is 3.63. The largest absolute Gasteiger partial charge is 0.449 e. The summed E-state index contributed by atoms with van der Waals surface area (Å²) in [5.41, 5.74) is 3.36. The molecule has 2 atom stereocenters. The average Bonchev–Trinajstić information content (AvgIpc) is 2.77. The summed E-state index contributed by atoms with van der Waals surface area (Å²) < 4.78 is 28.3. The number of carbonyl (C=O) groups excluding carboxylic acids is 2. The van der Waals surface area contributed by atoms with Crippen LogP contribution >= 0.6 is 0 Å². The van der Waals surface area contributed by atoms with Gasteiger partial charge in [-0.15, -0.1) is 0 Å². The van der Waals surface area contributed by atoms with Crippen molar-refractivity contribution in [1.29, 1.82) is 0 Å². The van der Waals surface area contributed by atoms with Gasteiger partial charge in [0.2, 0.25) is 10.0 Å². The third kappa shape index (κ3) is 4.89. The van der Waals surface area contributed by atoms with Gasteiger partial charge in [0.1, 0.15) is 0 Å². The van der Waals surface area contributed by atoms with Crippen molar-refractivity contribution in [3.8, 4) is 0 Å². The number of pyridine rings is 1. The second-order valence-electron chi connectivity index (χ2n) is 8.38. The number of anilines is 1. The minimum Gasteiger partial charge on any atom is -0.449 e. The third-order valence-electron chi connectivity index (χ3n) is 5.81. The van der Waals surface area contributed by atoms with Crippen molar-refractivity contribution in [1.82, 2.24) is 4.98 Å². The van der Waals surface area contributed by atoms with Crippen LogP contribution < -0.4 is 10.5 Å².